The standard InChI is InChI=1S/C15H19N3O3/c1-10-4-12(6-14(5-10)18(20)21)15(19)17-3-2-11-7-16-8-13(11)9-17/h4-6,11,13,16H,2-3,7-9H2,1H3. The van der Waals surface area contributed by atoms with Gasteiger partial charge in [-0.2, -0.15) is 0 Å². The van der Waals surface area contributed by atoms with Gasteiger partial charge in [-0.1, -0.05) is 0 Å². The SMILES string of the molecule is Cc1cc(C(=O)N2CCC3CNCC3C2)cc([N+](=O)[O-])c1. The van der Waals surface area contributed by atoms with Crippen LogP contribution in [0.1, 0.15) is 22.3 Å². The van der Waals surface area contributed by atoms with Crippen molar-refractivity contribution >= 4 is 11.6 Å². The van der Waals surface area contributed by atoms with Crippen molar-refractivity contribution in [1.82, 2.24) is 10.2 Å². The monoisotopic (exact) mass is 289 g/mol. The Morgan fingerprint density at radius 3 is 2.86 bits per heavy atom. The van der Waals surface area contributed by atoms with Gasteiger partial charge in [0.1, 0.15) is 0 Å². The van der Waals surface area contributed by atoms with E-state index in [0.29, 0.717) is 17.4 Å². The van der Waals surface area contributed by atoms with Crippen molar-refractivity contribution in [3.8, 4) is 0 Å². The summed E-state index contributed by atoms with van der Waals surface area (Å²) in [6.45, 7) is 5.27. The zero-order valence-corrected chi connectivity index (χ0v) is 12.0. The molecule has 2 saturated heterocycles. The van der Waals surface area contributed by atoms with Gasteiger partial charge in [0.2, 0.25) is 0 Å². The average molecular weight is 289 g/mol. The van der Waals surface area contributed by atoms with E-state index in [1.54, 1.807) is 13.0 Å². The number of nitro benzene ring substituents is 1. The van der Waals surface area contributed by atoms with Crippen molar-refractivity contribution in [2.75, 3.05) is 26.2 Å². The lowest BCUT2D eigenvalue weighted by atomic mass is 9.88. The summed E-state index contributed by atoms with van der Waals surface area (Å²) in [4.78, 5) is 24.9. The first-order chi connectivity index (χ1) is 10.0. The Hall–Kier alpha value is -1.95. The molecule has 1 N–H and O–H groups in total. The molecule has 112 valence electrons. The molecule has 2 unspecified atom stereocenters. The maximum absolute atomic E-state index is 12.6. The van der Waals surface area contributed by atoms with Gasteiger partial charge in [-0.15, -0.1) is 0 Å². The number of amides is 1. The highest BCUT2D eigenvalue weighted by molar-refractivity contribution is 5.95. The highest BCUT2D eigenvalue weighted by Crippen LogP contribution is 2.28. The number of rotatable bonds is 2. The number of likely N-dealkylation sites (tertiary alicyclic amines) is 1. The quantitative estimate of drug-likeness (QED) is 0.662. The molecular formula is C15H19N3O3. The second kappa shape index (κ2) is 5.44. The van der Waals surface area contributed by atoms with E-state index in [9.17, 15) is 14.9 Å². The number of benzene rings is 1. The van der Waals surface area contributed by atoms with Gasteiger partial charge in [-0.25, -0.2) is 0 Å². The van der Waals surface area contributed by atoms with Gasteiger partial charge in [0.25, 0.3) is 11.6 Å². The van der Waals surface area contributed by atoms with Crippen LogP contribution in [-0.2, 0) is 0 Å². The van der Waals surface area contributed by atoms with Crippen molar-refractivity contribution in [2.24, 2.45) is 11.8 Å². The molecule has 0 saturated carbocycles. The molecule has 0 bridgehead atoms. The topological polar surface area (TPSA) is 75.5 Å². The lowest BCUT2D eigenvalue weighted by Gasteiger charge is -2.34. The molecule has 0 radical (unpaired) electrons. The number of nitrogens with zero attached hydrogens (tertiary/aromatic N) is 2. The van der Waals surface area contributed by atoms with Crippen LogP contribution in [0.2, 0.25) is 0 Å². The van der Waals surface area contributed by atoms with E-state index < -0.39 is 4.92 Å². The van der Waals surface area contributed by atoms with Gasteiger partial charge in [-0.3, -0.25) is 14.9 Å². The van der Waals surface area contributed by atoms with Gasteiger partial charge >= 0.3 is 0 Å². The highest BCUT2D eigenvalue weighted by atomic mass is 16.6. The third-order valence-corrected chi connectivity index (χ3v) is 4.51. The summed E-state index contributed by atoms with van der Waals surface area (Å²) in [6.07, 6.45) is 1.01. The third kappa shape index (κ3) is 2.76. The first-order valence-electron chi connectivity index (χ1n) is 7.30. The van der Waals surface area contributed by atoms with Gasteiger partial charge in [0, 0.05) is 30.8 Å². The van der Waals surface area contributed by atoms with Crippen LogP contribution in [0.15, 0.2) is 18.2 Å². The first-order valence-corrected chi connectivity index (χ1v) is 7.30. The lowest BCUT2D eigenvalue weighted by molar-refractivity contribution is -0.384. The van der Waals surface area contributed by atoms with E-state index in [0.717, 1.165) is 38.2 Å². The maximum atomic E-state index is 12.6. The summed E-state index contributed by atoms with van der Waals surface area (Å²) >= 11 is 0. The number of hydrogen-bond donors (Lipinski definition) is 1. The molecule has 2 atom stereocenters. The number of nitrogens with one attached hydrogen (secondary N) is 1. The van der Waals surface area contributed by atoms with E-state index in [-0.39, 0.29) is 11.6 Å². The Morgan fingerprint density at radius 1 is 1.33 bits per heavy atom. The Bertz CT molecular complexity index is 588. The average Bonchev–Trinajstić information content (AvgIpc) is 2.93. The molecule has 21 heavy (non-hydrogen) atoms. The zero-order valence-electron chi connectivity index (χ0n) is 12.0. The minimum atomic E-state index is -0.448. The minimum Gasteiger partial charge on any atom is -0.338 e. The smallest absolute Gasteiger partial charge is 0.270 e. The van der Waals surface area contributed by atoms with E-state index >= 15 is 0 Å². The van der Waals surface area contributed by atoms with Crippen LogP contribution in [0.25, 0.3) is 0 Å². The third-order valence-electron chi connectivity index (χ3n) is 4.51. The fraction of sp³-hybridized carbons (Fsp3) is 0.533. The van der Waals surface area contributed by atoms with E-state index in [2.05, 4.69) is 5.32 Å². The molecule has 2 aliphatic rings. The van der Waals surface area contributed by atoms with Crippen molar-refractivity contribution in [3.05, 3.63) is 39.4 Å². The lowest BCUT2D eigenvalue weighted by Crippen LogP contribution is -2.43. The fourth-order valence-corrected chi connectivity index (χ4v) is 3.39. The molecular weight excluding hydrogens is 270 g/mol. The van der Waals surface area contributed by atoms with Crippen LogP contribution in [0.4, 0.5) is 5.69 Å². The Balaban J connectivity index is 1.80. The van der Waals surface area contributed by atoms with E-state index in [4.69, 9.17) is 0 Å². The van der Waals surface area contributed by atoms with Crippen molar-refractivity contribution in [2.45, 2.75) is 13.3 Å². The molecule has 2 fully saturated rings. The summed E-state index contributed by atoms with van der Waals surface area (Å²) in [6, 6.07) is 4.60. The van der Waals surface area contributed by atoms with E-state index in [1.807, 2.05) is 4.90 Å². The number of hydrogen-bond acceptors (Lipinski definition) is 4. The molecule has 6 nitrogen and oxygen atoms in total. The maximum Gasteiger partial charge on any atom is 0.270 e. The number of carbonyl (C=O) groups excluding carboxylic acids is 1. The second-order valence-corrected chi connectivity index (χ2v) is 6.03. The molecule has 2 heterocycles. The fourth-order valence-electron chi connectivity index (χ4n) is 3.39. The van der Waals surface area contributed by atoms with Crippen LogP contribution in [-0.4, -0.2) is 41.9 Å². The van der Waals surface area contributed by atoms with Gasteiger partial charge in [-0.05, 0) is 49.9 Å². The summed E-state index contributed by atoms with van der Waals surface area (Å²) in [5.41, 5.74) is 1.15. The highest BCUT2D eigenvalue weighted by Gasteiger charge is 2.34. The number of nitro groups is 1. The molecule has 0 aliphatic carbocycles. The summed E-state index contributed by atoms with van der Waals surface area (Å²) < 4.78 is 0. The first kappa shape index (κ1) is 14.0. The zero-order chi connectivity index (χ0) is 15.0. The predicted molar refractivity (Wildman–Crippen MR) is 78.2 cm³/mol. The Morgan fingerprint density at radius 2 is 2.10 bits per heavy atom. The minimum absolute atomic E-state index is 0.0178. The second-order valence-electron chi connectivity index (χ2n) is 6.03. The van der Waals surface area contributed by atoms with Crippen LogP contribution < -0.4 is 5.32 Å². The molecule has 0 spiro atoms. The van der Waals surface area contributed by atoms with E-state index in [1.165, 1.54) is 12.1 Å². The number of carbonyl (C=O) groups is 1. The number of fused-ring (bicyclic) bond motifs is 1. The Kier molecular flexibility index (Phi) is 3.63. The summed E-state index contributed by atoms with van der Waals surface area (Å²) in [5, 5.41) is 14.3. The van der Waals surface area contributed by atoms with Gasteiger partial charge in [0.05, 0.1) is 4.92 Å². The normalized spacial score (nSPS) is 24.7. The summed E-state index contributed by atoms with van der Waals surface area (Å²) in [5.74, 6) is 1.09. The molecule has 3 rings (SSSR count). The number of aryl methyl sites for hydroxylation is 1. The van der Waals surface area contributed by atoms with Crippen LogP contribution in [0.3, 0.4) is 0 Å². The largest absolute Gasteiger partial charge is 0.338 e. The molecule has 0 aromatic heterocycles. The van der Waals surface area contributed by atoms with Crippen molar-refractivity contribution < 1.29 is 9.72 Å². The van der Waals surface area contributed by atoms with Gasteiger partial charge < -0.3 is 10.2 Å². The molecule has 2 aliphatic heterocycles. The predicted octanol–water partition coefficient (Wildman–Crippen LogP) is 1.58. The molecule has 1 aromatic rings. The van der Waals surface area contributed by atoms with Crippen molar-refractivity contribution in [1.29, 1.82) is 0 Å². The number of piperidine rings is 1. The molecule has 1 aromatic carbocycles. The van der Waals surface area contributed by atoms with Gasteiger partial charge in [0.15, 0.2) is 0 Å². The van der Waals surface area contributed by atoms with Crippen molar-refractivity contribution in [3.63, 3.8) is 0 Å². The Labute approximate surface area is 123 Å². The summed E-state index contributed by atoms with van der Waals surface area (Å²) in [7, 11) is 0. The van der Waals surface area contributed by atoms with Crippen LogP contribution >= 0.6 is 0 Å². The van der Waals surface area contributed by atoms with Crippen LogP contribution in [0, 0.1) is 28.9 Å². The molecule has 1 amide bonds. The number of non-ortho nitro benzene ring substituents is 1. The van der Waals surface area contributed by atoms with Crippen LogP contribution in [0.5, 0.6) is 0 Å². The molecule has 6 heteroatoms.